The van der Waals surface area contributed by atoms with Gasteiger partial charge in [-0.1, -0.05) is 109 Å². The van der Waals surface area contributed by atoms with Gasteiger partial charge in [-0.05, 0) is 70.8 Å². The Morgan fingerprint density at radius 2 is 0.846 bits per heavy atom. The Balaban J connectivity index is 1.39. The molecule has 5 aromatic heterocycles. The fourth-order valence-electron chi connectivity index (χ4n) is 8.25. The Labute approximate surface area is 298 Å². The Kier molecular flexibility index (Phi) is 6.18. The van der Waals surface area contributed by atoms with E-state index in [1.807, 2.05) is 48.8 Å². The summed E-state index contributed by atoms with van der Waals surface area (Å²) in [7, 11) is 0. The molecule has 11 rings (SSSR count). The van der Waals surface area contributed by atoms with Crippen LogP contribution in [0.1, 0.15) is 0 Å². The van der Waals surface area contributed by atoms with Gasteiger partial charge in [-0.15, -0.1) is 0 Å². The van der Waals surface area contributed by atoms with Gasteiger partial charge < -0.3 is 9.13 Å². The van der Waals surface area contributed by atoms with Crippen LogP contribution in [0.5, 0.6) is 0 Å². The van der Waals surface area contributed by atoms with Crippen LogP contribution in [-0.2, 0) is 0 Å². The predicted molar refractivity (Wildman–Crippen MR) is 214 cm³/mol. The van der Waals surface area contributed by atoms with E-state index in [1.54, 1.807) is 0 Å². The minimum atomic E-state index is 0.789. The van der Waals surface area contributed by atoms with Crippen molar-refractivity contribution in [2.24, 2.45) is 0 Å². The van der Waals surface area contributed by atoms with E-state index >= 15 is 0 Å². The van der Waals surface area contributed by atoms with Crippen molar-refractivity contribution < 1.29 is 0 Å². The van der Waals surface area contributed by atoms with E-state index in [4.69, 9.17) is 15.0 Å². The molecule has 0 aliphatic heterocycles. The van der Waals surface area contributed by atoms with Crippen LogP contribution in [0.25, 0.3) is 99.3 Å². The van der Waals surface area contributed by atoms with E-state index in [2.05, 4.69) is 137 Å². The number of hydrogen-bond donors (Lipinski definition) is 0. The van der Waals surface area contributed by atoms with Crippen molar-refractivity contribution in [2.45, 2.75) is 0 Å². The largest absolute Gasteiger partial charge is 0.307 e. The summed E-state index contributed by atoms with van der Waals surface area (Å²) < 4.78 is 4.92. The zero-order valence-corrected chi connectivity index (χ0v) is 28.0. The van der Waals surface area contributed by atoms with Gasteiger partial charge >= 0.3 is 0 Å². The number of hydrogen-bond acceptors (Lipinski definition) is 3. The summed E-state index contributed by atoms with van der Waals surface area (Å²) in [4.78, 5) is 14.6. The SMILES string of the molecule is c1ccc(-n2c3c4ccccc4c4ccccc4c3c3ccc4c5ccccc5n(-c5cc(-c6ccccn6)nc(-c6ccccn6)c5)c4c32)cc1. The van der Waals surface area contributed by atoms with Crippen LogP contribution >= 0.6 is 0 Å². The van der Waals surface area contributed by atoms with Gasteiger partial charge in [-0.2, -0.15) is 0 Å². The number of benzene rings is 6. The van der Waals surface area contributed by atoms with Crippen molar-refractivity contribution in [2.75, 3.05) is 0 Å². The molecule has 0 saturated carbocycles. The van der Waals surface area contributed by atoms with Crippen molar-refractivity contribution in [3.05, 3.63) is 176 Å². The fourth-order valence-corrected chi connectivity index (χ4v) is 8.25. The van der Waals surface area contributed by atoms with Gasteiger partial charge in [0.2, 0.25) is 0 Å². The Bertz CT molecular complexity index is 3100. The molecule has 0 spiro atoms. The highest BCUT2D eigenvalue weighted by atomic mass is 15.0. The van der Waals surface area contributed by atoms with Crippen molar-refractivity contribution in [1.29, 1.82) is 0 Å². The molecule has 5 heteroatoms. The molecule has 0 N–H and O–H groups in total. The van der Waals surface area contributed by atoms with Crippen molar-refractivity contribution in [1.82, 2.24) is 24.1 Å². The first-order valence-corrected chi connectivity index (χ1v) is 17.5. The molecule has 0 radical (unpaired) electrons. The van der Waals surface area contributed by atoms with Gasteiger partial charge in [0, 0.05) is 45.0 Å². The van der Waals surface area contributed by atoms with E-state index in [-0.39, 0.29) is 0 Å². The van der Waals surface area contributed by atoms with Gasteiger partial charge in [0.1, 0.15) is 0 Å². The second kappa shape index (κ2) is 11.2. The number of nitrogens with zero attached hydrogens (tertiary/aromatic N) is 5. The Morgan fingerprint density at radius 1 is 0.327 bits per heavy atom. The van der Waals surface area contributed by atoms with E-state index in [9.17, 15) is 0 Å². The van der Waals surface area contributed by atoms with Crippen LogP contribution in [0.2, 0.25) is 0 Å². The molecule has 0 aliphatic carbocycles. The number of rotatable bonds is 4. The van der Waals surface area contributed by atoms with E-state index in [0.717, 1.165) is 50.7 Å². The lowest BCUT2D eigenvalue weighted by Crippen LogP contribution is -2.01. The molecule has 52 heavy (non-hydrogen) atoms. The van der Waals surface area contributed by atoms with Gasteiger partial charge in [0.05, 0.1) is 50.5 Å². The average Bonchev–Trinajstić information content (AvgIpc) is 3.76. The summed E-state index contributed by atoms with van der Waals surface area (Å²) in [5, 5.41) is 9.82. The van der Waals surface area contributed by atoms with Crippen LogP contribution in [0.3, 0.4) is 0 Å². The van der Waals surface area contributed by atoms with Crippen molar-refractivity contribution in [3.63, 3.8) is 0 Å². The number of para-hydroxylation sites is 2. The normalized spacial score (nSPS) is 11.8. The zero-order chi connectivity index (χ0) is 34.2. The summed E-state index contributed by atoms with van der Waals surface area (Å²) in [5.41, 5.74) is 9.93. The van der Waals surface area contributed by atoms with Crippen molar-refractivity contribution >= 4 is 65.2 Å². The average molecular weight is 664 g/mol. The van der Waals surface area contributed by atoms with Gasteiger partial charge in [-0.25, -0.2) is 4.98 Å². The van der Waals surface area contributed by atoms with E-state index in [0.29, 0.717) is 0 Å². The summed E-state index contributed by atoms with van der Waals surface area (Å²) in [6, 6.07) is 58.1. The molecule has 6 aromatic carbocycles. The molecule has 11 aromatic rings. The topological polar surface area (TPSA) is 48.5 Å². The third kappa shape index (κ3) is 4.14. The minimum absolute atomic E-state index is 0.789. The van der Waals surface area contributed by atoms with E-state index in [1.165, 1.54) is 48.6 Å². The lowest BCUT2D eigenvalue weighted by atomic mass is 9.96. The third-order valence-corrected chi connectivity index (χ3v) is 10.4. The lowest BCUT2D eigenvalue weighted by Gasteiger charge is -2.15. The first-order valence-electron chi connectivity index (χ1n) is 17.5. The standard InChI is InChI=1S/C47H29N5/c1-2-14-30(15-3-1)52-45-36-20-7-5-17-33(36)32-16-4-6-19-35(32)44(45)38-25-24-37-34-18-8-9-23-43(34)51(46(37)47(38)52)31-28-41(39-21-10-12-26-48-39)50-42(29-31)40-22-11-13-27-49-40/h1-29H. The van der Waals surface area contributed by atoms with E-state index < -0.39 is 0 Å². The molecule has 5 nitrogen and oxygen atoms in total. The number of pyridine rings is 3. The molecule has 5 heterocycles. The zero-order valence-electron chi connectivity index (χ0n) is 28.0. The second-order valence-corrected chi connectivity index (χ2v) is 13.2. The Hall–Kier alpha value is -7.11. The molecule has 0 fully saturated rings. The van der Waals surface area contributed by atoms with Crippen molar-refractivity contribution in [3.8, 4) is 34.2 Å². The third-order valence-electron chi connectivity index (χ3n) is 10.4. The van der Waals surface area contributed by atoms with Gasteiger partial charge in [0.15, 0.2) is 0 Å². The molecule has 242 valence electrons. The summed E-state index contributed by atoms with van der Waals surface area (Å²) in [6.45, 7) is 0. The molecular formula is C47H29N5. The lowest BCUT2D eigenvalue weighted by molar-refractivity contribution is 1.13. The quantitative estimate of drug-likeness (QED) is 0.176. The molecule has 0 bridgehead atoms. The van der Waals surface area contributed by atoms with Crippen LogP contribution < -0.4 is 0 Å². The van der Waals surface area contributed by atoms with Crippen LogP contribution in [0.4, 0.5) is 0 Å². The maximum absolute atomic E-state index is 5.13. The summed E-state index contributed by atoms with van der Waals surface area (Å²) in [5.74, 6) is 0. The molecular weight excluding hydrogens is 635 g/mol. The number of aromatic nitrogens is 5. The highest BCUT2D eigenvalue weighted by Gasteiger charge is 2.24. The summed E-state index contributed by atoms with van der Waals surface area (Å²) >= 11 is 0. The van der Waals surface area contributed by atoms with Gasteiger partial charge in [0.25, 0.3) is 0 Å². The fraction of sp³-hybridized carbons (Fsp3) is 0. The molecule has 0 aliphatic rings. The maximum Gasteiger partial charge on any atom is 0.0915 e. The number of fused-ring (bicyclic) bond motifs is 12. The van der Waals surface area contributed by atoms with Gasteiger partial charge in [-0.3, -0.25) is 9.97 Å². The monoisotopic (exact) mass is 663 g/mol. The first-order chi connectivity index (χ1) is 25.8. The molecule has 0 saturated heterocycles. The molecule has 0 amide bonds. The minimum Gasteiger partial charge on any atom is -0.307 e. The predicted octanol–water partition coefficient (Wildman–Crippen LogP) is 11.7. The smallest absolute Gasteiger partial charge is 0.0915 e. The molecule has 0 atom stereocenters. The Morgan fingerprint density at radius 3 is 1.52 bits per heavy atom. The summed E-state index contributed by atoms with van der Waals surface area (Å²) in [6.07, 6.45) is 3.64. The van der Waals surface area contributed by atoms with Crippen LogP contribution in [-0.4, -0.2) is 24.1 Å². The van der Waals surface area contributed by atoms with Crippen LogP contribution in [0, 0.1) is 0 Å². The first kappa shape index (κ1) is 28.7. The maximum atomic E-state index is 5.13. The molecule has 0 unspecified atom stereocenters. The van der Waals surface area contributed by atoms with Crippen LogP contribution in [0.15, 0.2) is 176 Å². The second-order valence-electron chi connectivity index (χ2n) is 13.2. The highest BCUT2D eigenvalue weighted by molar-refractivity contribution is 6.35. The highest BCUT2D eigenvalue weighted by Crippen LogP contribution is 2.46.